The summed E-state index contributed by atoms with van der Waals surface area (Å²) in [5.41, 5.74) is 2.05. The lowest BCUT2D eigenvalue weighted by atomic mass is 9.97. The van der Waals surface area contributed by atoms with Crippen LogP contribution in [0.15, 0.2) is 54.7 Å². The molecule has 1 N–H and O–H groups in total. The van der Waals surface area contributed by atoms with Crippen LogP contribution in [0.5, 0.6) is 5.75 Å². The van der Waals surface area contributed by atoms with Crippen molar-refractivity contribution in [2.24, 2.45) is 0 Å². The zero-order valence-corrected chi connectivity index (χ0v) is 14.5. The van der Waals surface area contributed by atoms with Crippen molar-refractivity contribution in [2.75, 3.05) is 12.4 Å². The summed E-state index contributed by atoms with van der Waals surface area (Å²) in [4.78, 5) is 26.1. The molecule has 0 bridgehead atoms. The van der Waals surface area contributed by atoms with Crippen molar-refractivity contribution in [2.45, 2.75) is 19.4 Å². The molecule has 2 aromatic rings. The highest BCUT2D eigenvalue weighted by Gasteiger charge is 2.29. The fraction of sp³-hybridized carbons (Fsp3) is 0.200. The Labute approximate surface area is 151 Å². The van der Waals surface area contributed by atoms with Crippen LogP contribution in [0.4, 0.5) is 14.9 Å². The predicted molar refractivity (Wildman–Crippen MR) is 96.5 cm³/mol. The van der Waals surface area contributed by atoms with Crippen LogP contribution >= 0.6 is 0 Å². The number of amides is 2. The van der Waals surface area contributed by atoms with E-state index in [1.54, 1.807) is 31.4 Å². The van der Waals surface area contributed by atoms with Crippen LogP contribution < -0.4 is 10.1 Å². The van der Waals surface area contributed by atoms with Gasteiger partial charge < -0.3 is 10.1 Å². The van der Waals surface area contributed by atoms with Gasteiger partial charge in [-0.3, -0.25) is 9.69 Å². The second kappa shape index (κ2) is 7.39. The number of hydrogen-bond acceptors (Lipinski definition) is 3. The maximum absolute atomic E-state index is 13.6. The molecule has 0 fully saturated rings. The van der Waals surface area contributed by atoms with Gasteiger partial charge in [-0.1, -0.05) is 18.2 Å². The summed E-state index contributed by atoms with van der Waals surface area (Å²) in [6.07, 6.45) is 2.89. The highest BCUT2D eigenvalue weighted by atomic mass is 19.1. The van der Waals surface area contributed by atoms with Gasteiger partial charge in [-0.15, -0.1) is 0 Å². The Kier molecular flexibility index (Phi) is 5.02. The van der Waals surface area contributed by atoms with Gasteiger partial charge in [-0.2, -0.15) is 0 Å². The van der Waals surface area contributed by atoms with Gasteiger partial charge in [0.25, 0.3) is 0 Å². The minimum atomic E-state index is -0.561. The first-order valence-corrected chi connectivity index (χ1v) is 8.18. The molecular weight excluding hydrogens is 335 g/mol. The Bertz CT molecular complexity index is 879. The molecule has 0 unspecified atom stereocenters. The third kappa shape index (κ3) is 3.74. The number of aryl methyl sites for hydroxylation is 1. The van der Waals surface area contributed by atoms with E-state index in [2.05, 4.69) is 5.32 Å². The smallest absolute Gasteiger partial charge is 0.326 e. The van der Waals surface area contributed by atoms with E-state index < -0.39 is 17.9 Å². The lowest BCUT2D eigenvalue weighted by Crippen LogP contribution is -2.37. The van der Waals surface area contributed by atoms with Crippen LogP contribution in [0, 0.1) is 12.7 Å². The van der Waals surface area contributed by atoms with E-state index >= 15 is 0 Å². The number of ether oxygens (including phenoxy) is 1. The van der Waals surface area contributed by atoms with Gasteiger partial charge in [0, 0.05) is 24.4 Å². The standard InChI is InChI=1S/C20H19FN2O3/c1-13-6-7-17(26-2)12-18(13)22-20(25)23-9-8-16(24)11-19(23)14-4-3-5-15(21)10-14/h3-10,12,19H,11H2,1-2H3,(H,22,25)/t19-/m0/s1. The van der Waals surface area contributed by atoms with Crippen LogP contribution in [-0.2, 0) is 4.79 Å². The molecule has 1 aliphatic rings. The van der Waals surface area contributed by atoms with Crippen molar-refractivity contribution < 1.29 is 18.7 Å². The number of rotatable bonds is 3. The molecule has 0 saturated heterocycles. The van der Waals surface area contributed by atoms with Gasteiger partial charge in [0.05, 0.1) is 13.2 Å². The lowest BCUT2D eigenvalue weighted by molar-refractivity contribution is -0.116. The number of methoxy groups -OCH3 is 1. The molecule has 0 aliphatic carbocycles. The monoisotopic (exact) mass is 354 g/mol. The van der Waals surface area contributed by atoms with E-state index in [1.165, 1.54) is 29.3 Å². The summed E-state index contributed by atoms with van der Waals surface area (Å²) in [6, 6.07) is 10.3. The molecule has 0 aromatic heterocycles. The van der Waals surface area contributed by atoms with Crippen LogP contribution in [0.25, 0.3) is 0 Å². The number of anilines is 1. The number of urea groups is 1. The number of allylic oxidation sites excluding steroid dienone is 1. The van der Waals surface area contributed by atoms with Gasteiger partial charge >= 0.3 is 6.03 Å². The quantitative estimate of drug-likeness (QED) is 0.898. The molecular formula is C20H19FN2O3. The zero-order valence-electron chi connectivity index (χ0n) is 14.5. The van der Waals surface area contributed by atoms with Gasteiger partial charge in [-0.05, 0) is 42.3 Å². The van der Waals surface area contributed by atoms with E-state index in [4.69, 9.17) is 4.74 Å². The molecule has 0 saturated carbocycles. The molecule has 1 atom stereocenters. The Morgan fingerprint density at radius 2 is 2.08 bits per heavy atom. The van der Waals surface area contributed by atoms with Crippen LogP contribution in [0.1, 0.15) is 23.6 Å². The Morgan fingerprint density at radius 3 is 2.81 bits per heavy atom. The van der Waals surface area contributed by atoms with E-state index in [0.717, 1.165) is 5.56 Å². The summed E-state index contributed by atoms with van der Waals surface area (Å²) in [6.45, 7) is 1.87. The molecule has 0 spiro atoms. The van der Waals surface area contributed by atoms with Gasteiger partial charge in [0.1, 0.15) is 11.6 Å². The summed E-state index contributed by atoms with van der Waals surface area (Å²) >= 11 is 0. The minimum Gasteiger partial charge on any atom is -0.497 e. The molecule has 1 aliphatic heterocycles. The third-order valence-corrected chi connectivity index (χ3v) is 4.31. The van der Waals surface area contributed by atoms with E-state index in [1.807, 2.05) is 13.0 Å². The van der Waals surface area contributed by atoms with Crippen molar-refractivity contribution in [3.8, 4) is 5.75 Å². The van der Waals surface area contributed by atoms with E-state index in [-0.39, 0.29) is 12.2 Å². The maximum atomic E-state index is 13.6. The minimum absolute atomic E-state index is 0.102. The Morgan fingerprint density at radius 1 is 1.27 bits per heavy atom. The second-order valence-electron chi connectivity index (χ2n) is 6.08. The van der Waals surface area contributed by atoms with Gasteiger partial charge in [-0.25, -0.2) is 9.18 Å². The Hall–Kier alpha value is -3.15. The van der Waals surface area contributed by atoms with E-state index in [9.17, 15) is 14.0 Å². The fourth-order valence-corrected chi connectivity index (χ4v) is 2.87. The number of benzene rings is 2. The molecule has 2 aromatic carbocycles. The topological polar surface area (TPSA) is 58.6 Å². The first-order chi connectivity index (χ1) is 12.5. The number of hydrogen-bond donors (Lipinski definition) is 1. The van der Waals surface area contributed by atoms with E-state index in [0.29, 0.717) is 17.0 Å². The average molecular weight is 354 g/mol. The SMILES string of the molecule is COc1ccc(C)c(NC(=O)N2C=CC(=O)C[C@H]2c2cccc(F)c2)c1. The number of nitrogens with zero attached hydrogens (tertiary/aromatic N) is 1. The second-order valence-corrected chi connectivity index (χ2v) is 6.08. The van der Waals surface area contributed by atoms with Crippen molar-refractivity contribution in [3.05, 3.63) is 71.7 Å². The molecule has 0 radical (unpaired) electrons. The number of ketones is 1. The van der Waals surface area contributed by atoms with Crippen molar-refractivity contribution in [3.63, 3.8) is 0 Å². The number of halogens is 1. The molecule has 5 nitrogen and oxygen atoms in total. The lowest BCUT2D eigenvalue weighted by Gasteiger charge is -2.31. The summed E-state index contributed by atoms with van der Waals surface area (Å²) in [7, 11) is 1.55. The van der Waals surface area contributed by atoms with Crippen molar-refractivity contribution >= 4 is 17.5 Å². The normalized spacial score (nSPS) is 16.5. The highest BCUT2D eigenvalue weighted by Crippen LogP contribution is 2.30. The van der Waals surface area contributed by atoms with Gasteiger partial charge in [0.15, 0.2) is 5.78 Å². The van der Waals surface area contributed by atoms with Crippen molar-refractivity contribution in [1.82, 2.24) is 4.90 Å². The first-order valence-electron chi connectivity index (χ1n) is 8.18. The zero-order chi connectivity index (χ0) is 18.7. The molecule has 1 heterocycles. The van der Waals surface area contributed by atoms with Crippen LogP contribution in [0.2, 0.25) is 0 Å². The maximum Gasteiger partial charge on any atom is 0.326 e. The third-order valence-electron chi connectivity index (χ3n) is 4.31. The molecule has 6 heteroatoms. The predicted octanol–water partition coefficient (Wildman–Crippen LogP) is 4.20. The van der Waals surface area contributed by atoms with Crippen molar-refractivity contribution in [1.29, 1.82) is 0 Å². The first kappa shape index (κ1) is 17.7. The summed E-state index contributed by atoms with van der Waals surface area (Å²) in [5.74, 6) is 0.103. The average Bonchev–Trinajstić information content (AvgIpc) is 2.63. The van der Waals surface area contributed by atoms with Gasteiger partial charge in [0.2, 0.25) is 0 Å². The number of carbonyl (C=O) groups excluding carboxylic acids is 2. The highest BCUT2D eigenvalue weighted by molar-refractivity contribution is 5.96. The molecule has 3 rings (SSSR count). The fourth-order valence-electron chi connectivity index (χ4n) is 2.87. The molecule has 26 heavy (non-hydrogen) atoms. The number of nitrogens with one attached hydrogen (secondary N) is 1. The van der Waals surface area contributed by atoms with Crippen LogP contribution in [0.3, 0.4) is 0 Å². The summed E-state index contributed by atoms with van der Waals surface area (Å²) in [5, 5.41) is 2.83. The Balaban J connectivity index is 1.88. The molecule has 2 amide bonds. The summed E-state index contributed by atoms with van der Waals surface area (Å²) < 4.78 is 18.8. The van der Waals surface area contributed by atoms with Crippen LogP contribution in [-0.4, -0.2) is 23.8 Å². The molecule has 134 valence electrons. The number of carbonyl (C=O) groups is 2. The largest absolute Gasteiger partial charge is 0.497 e.